The molecule has 0 fully saturated rings. The van der Waals surface area contributed by atoms with E-state index < -0.39 is 0 Å². The number of rotatable bonds is 3. The van der Waals surface area contributed by atoms with Crippen LogP contribution in [0.15, 0.2) is 39.7 Å². The molecule has 1 aromatic carbocycles. The predicted octanol–water partition coefficient (Wildman–Crippen LogP) is 2.79. The van der Waals surface area contributed by atoms with E-state index in [9.17, 15) is 0 Å². The lowest BCUT2D eigenvalue weighted by Gasteiger charge is -1.99. The molecule has 2 N–H and O–H groups in total. The van der Waals surface area contributed by atoms with E-state index in [4.69, 9.17) is 10.2 Å². The summed E-state index contributed by atoms with van der Waals surface area (Å²) in [6.07, 6.45) is 0. The van der Waals surface area contributed by atoms with Gasteiger partial charge in [0.05, 0.1) is 0 Å². The first-order valence-corrected chi connectivity index (χ1v) is 5.45. The highest BCUT2D eigenvalue weighted by Gasteiger charge is 2.06. The van der Waals surface area contributed by atoms with Crippen LogP contribution < -0.4 is 5.73 Å². The van der Waals surface area contributed by atoms with E-state index in [0.717, 1.165) is 17.5 Å². The second-order valence-corrected chi connectivity index (χ2v) is 4.27. The van der Waals surface area contributed by atoms with Crippen LogP contribution in [0.25, 0.3) is 11.0 Å². The van der Waals surface area contributed by atoms with Crippen molar-refractivity contribution in [1.82, 2.24) is 0 Å². The summed E-state index contributed by atoms with van der Waals surface area (Å²) in [4.78, 5) is 4.29. The standard InChI is InChI=1S/C13H16N2O/c1-9(2)8-15-13(14)12-7-10-5-3-4-6-11(10)16-12/h3-7,9H,8H2,1-2H3,(H2,14,15). The highest BCUT2D eigenvalue weighted by atomic mass is 16.3. The topological polar surface area (TPSA) is 51.5 Å². The fraction of sp³-hybridized carbons (Fsp3) is 0.308. The Morgan fingerprint density at radius 1 is 1.38 bits per heavy atom. The van der Waals surface area contributed by atoms with Crippen LogP contribution in [0, 0.1) is 5.92 Å². The number of amidine groups is 1. The van der Waals surface area contributed by atoms with Crippen LogP contribution in [0.5, 0.6) is 0 Å². The van der Waals surface area contributed by atoms with E-state index in [0.29, 0.717) is 17.5 Å². The average Bonchev–Trinajstić information content (AvgIpc) is 2.69. The molecule has 0 unspecified atom stereocenters. The average molecular weight is 216 g/mol. The molecule has 16 heavy (non-hydrogen) atoms. The Morgan fingerprint density at radius 3 is 2.81 bits per heavy atom. The summed E-state index contributed by atoms with van der Waals surface area (Å²) in [6, 6.07) is 9.77. The van der Waals surface area contributed by atoms with Gasteiger partial charge in [-0.05, 0) is 18.1 Å². The zero-order valence-electron chi connectivity index (χ0n) is 9.60. The van der Waals surface area contributed by atoms with Crippen LogP contribution >= 0.6 is 0 Å². The number of hydrogen-bond donors (Lipinski definition) is 1. The molecule has 0 amide bonds. The number of hydrogen-bond acceptors (Lipinski definition) is 2. The quantitative estimate of drug-likeness (QED) is 0.633. The van der Waals surface area contributed by atoms with E-state index >= 15 is 0 Å². The van der Waals surface area contributed by atoms with Gasteiger partial charge in [-0.3, -0.25) is 4.99 Å². The lowest BCUT2D eigenvalue weighted by Crippen LogP contribution is -2.13. The monoisotopic (exact) mass is 216 g/mol. The van der Waals surface area contributed by atoms with E-state index in [1.54, 1.807) is 0 Å². The number of nitrogens with two attached hydrogens (primary N) is 1. The van der Waals surface area contributed by atoms with Gasteiger partial charge in [-0.2, -0.15) is 0 Å². The smallest absolute Gasteiger partial charge is 0.169 e. The fourth-order valence-corrected chi connectivity index (χ4v) is 1.47. The van der Waals surface area contributed by atoms with Crippen molar-refractivity contribution >= 4 is 16.8 Å². The maximum Gasteiger partial charge on any atom is 0.169 e. The summed E-state index contributed by atoms with van der Waals surface area (Å²) in [5, 5.41) is 1.06. The zero-order chi connectivity index (χ0) is 11.5. The number of benzene rings is 1. The van der Waals surface area contributed by atoms with Crippen molar-refractivity contribution in [3.8, 4) is 0 Å². The van der Waals surface area contributed by atoms with Crippen LogP contribution in [-0.2, 0) is 0 Å². The van der Waals surface area contributed by atoms with Crippen LogP contribution in [0.4, 0.5) is 0 Å². The third-order valence-electron chi connectivity index (χ3n) is 2.30. The zero-order valence-corrected chi connectivity index (χ0v) is 9.60. The molecule has 0 saturated carbocycles. The molecule has 1 heterocycles. The first-order chi connectivity index (χ1) is 7.66. The van der Waals surface area contributed by atoms with Crippen molar-refractivity contribution in [2.75, 3.05) is 6.54 Å². The third-order valence-corrected chi connectivity index (χ3v) is 2.30. The number of fused-ring (bicyclic) bond motifs is 1. The van der Waals surface area contributed by atoms with Gasteiger partial charge in [-0.25, -0.2) is 0 Å². The van der Waals surface area contributed by atoms with Crippen molar-refractivity contribution in [1.29, 1.82) is 0 Å². The Hall–Kier alpha value is -1.77. The van der Waals surface area contributed by atoms with Crippen LogP contribution in [0.1, 0.15) is 19.6 Å². The Bertz CT molecular complexity index is 478. The Balaban J connectivity index is 2.29. The first kappa shape index (κ1) is 10.7. The minimum Gasteiger partial charge on any atom is -0.453 e. The molecule has 3 nitrogen and oxygen atoms in total. The largest absolute Gasteiger partial charge is 0.453 e. The van der Waals surface area contributed by atoms with E-state index in [-0.39, 0.29) is 0 Å². The number of furan rings is 1. The lowest BCUT2D eigenvalue weighted by molar-refractivity contribution is 0.600. The SMILES string of the molecule is CC(C)CN=C(N)c1cc2ccccc2o1. The van der Waals surface area contributed by atoms with Crippen molar-refractivity contribution in [2.24, 2.45) is 16.6 Å². The van der Waals surface area contributed by atoms with Crippen LogP contribution in [0.3, 0.4) is 0 Å². The first-order valence-electron chi connectivity index (χ1n) is 5.45. The highest BCUT2D eigenvalue weighted by Crippen LogP contribution is 2.18. The minimum atomic E-state index is 0.477. The van der Waals surface area contributed by atoms with Crippen LogP contribution in [0.2, 0.25) is 0 Å². The molecule has 3 heteroatoms. The fourth-order valence-electron chi connectivity index (χ4n) is 1.47. The molecule has 0 radical (unpaired) electrons. The molecule has 0 spiro atoms. The molecular weight excluding hydrogens is 200 g/mol. The van der Waals surface area contributed by atoms with Crippen molar-refractivity contribution in [3.63, 3.8) is 0 Å². The number of aliphatic imine (C=N–C) groups is 1. The normalized spacial score (nSPS) is 12.6. The summed E-state index contributed by atoms with van der Waals surface area (Å²) >= 11 is 0. The second kappa shape index (κ2) is 4.39. The van der Waals surface area contributed by atoms with Gasteiger partial charge in [-0.1, -0.05) is 32.0 Å². The van der Waals surface area contributed by atoms with Crippen molar-refractivity contribution in [3.05, 3.63) is 36.1 Å². The summed E-state index contributed by atoms with van der Waals surface area (Å²) < 4.78 is 5.61. The number of nitrogens with zero attached hydrogens (tertiary/aromatic N) is 1. The van der Waals surface area contributed by atoms with Gasteiger partial charge in [0, 0.05) is 11.9 Å². The maximum atomic E-state index is 5.86. The molecule has 0 aliphatic heterocycles. The van der Waals surface area contributed by atoms with Crippen molar-refractivity contribution in [2.45, 2.75) is 13.8 Å². The molecular formula is C13H16N2O. The van der Waals surface area contributed by atoms with Gasteiger partial charge >= 0.3 is 0 Å². The Labute approximate surface area is 95.0 Å². The molecule has 2 rings (SSSR count). The van der Waals surface area contributed by atoms with E-state index in [1.165, 1.54) is 0 Å². The molecule has 1 aromatic heterocycles. The molecule has 0 aliphatic carbocycles. The Morgan fingerprint density at radius 2 is 2.12 bits per heavy atom. The van der Waals surface area contributed by atoms with Gasteiger partial charge in [-0.15, -0.1) is 0 Å². The van der Waals surface area contributed by atoms with Gasteiger partial charge in [0.15, 0.2) is 11.6 Å². The Kier molecular flexibility index (Phi) is 2.95. The van der Waals surface area contributed by atoms with Crippen LogP contribution in [-0.4, -0.2) is 12.4 Å². The van der Waals surface area contributed by atoms with Gasteiger partial charge < -0.3 is 10.2 Å². The highest BCUT2D eigenvalue weighted by molar-refractivity contribution is 5.98. The van der Waals surface area contributed by atoms with Gasteiger partial charge in [0.2, 0.25) is 0 Å². The lowest BCUT2D eigenvalue weighted by atomic mass is 10.2. The molecule has 0 saturated heterocycles. The number of para-hydroxylation sites is 1. The maximum absolute atomic E-state index is 5.86. The second-order valence-electron chi connectivity index (χ2n) is 4.27. The molecule has 0 bridgehead atoms. The van der Waals surface area contributed by atoms with Crippen molar-refractivity contribution < 1.29 is 4.42 Å². The third kappa shape index (κ3) is 2.24. The molecule has 0 aliphatic rings. The minimum absolute atomic E-state index is 0.477. The van der Waals surface area contributed by atoms with Gasteiger partial charge in [0.1, 0.15) is 5.58 Å². The summed E-state index contributed by atoms with van der Waals surface area (Å²) in [7, 11) is 0. The molecule has 0 atom stereocenters. The summed E-state index contributed by atoms with van der Waals surface area (Å²) in [5.41, 5.74) is 6.71. The van der Waals surface area contributed by atoms with E-state index in [1.807, 2.05) is 30.3 Å². The molecule has 2 aromatic rings. The van der Waals surface area contributed by atoms with E-state index in [2.05, 4.69) is 18.8 Å². The van der Waals surface area contributed by atoms with Gasteiger partial charge in [0.25, 0.3) is 0 Å². The molecule has 84 valence electrons. The predicted molar refractivity (Wildman–Crippen MR) is 66.6 cm³/mol. The summed E-state index contributed by atoms with van der Waals surface area (Å²) in [5.74, 6) is 1.63. The summed E-state index contributed by atoms with van der Waals surface area (Å²) in [6.45, 7) is 4.94.